The van der Waals surface area contributed by atoms with E-state index >= 15 is 0 Å². The van der Waals surface area contributed by atoms with Crippen molar-refractivity contribution >= 4 is 17.3 Å². The third kappa shape index (κ3) is 5.75. The minimum absolute atomic E-state index is 0.168. The maximum absolute atomic E-state index is 14.6. The summed E-state index contributed by atoms with van der Waals surface area (Å²) in [5.74, 6) is 0.437. The monoisotopic (exact) mass is 472 g/mol. The molecule has 0 aliphatic carbocycles. The summed E-state index contributed by atoms with van der Waals surface area (Å²) >= 11 is 6.16. The van der Waals surface area contributed by atoms with Gasteiger partial charge in [-0.05, 0) is 36.4 Å². The highest BCUT2D eigenvalue weighted by atomic mass is 35.5. The van der Waals surface area contributed by atoms with Crippen molar-refractivity contribution < 1.29 is 18.3 Å². The number of hydrogen-bond donors (Lipinski definition) is 0. The second-order valence-electron chi connectivity index (χ2n) is 7.99. The van der Waals surface area contributed by atoms with E-state index < -0.39 is 11.9 Å². The zero-order chi connectivity index (χ0) is 23.2. The molecule has 0 unspecified atom stereocenters. The lowest BCUT2D eigenvalue weighted by atomic mass is 10.0. The van der Waals surface area contributed by atoms with Crippen LogP contribution in [0.3, 0.4) is 0 Å². The smallest absolute Gasteiger partial charge is 0.142 e. The number of ether oxygens (including phenoxy) is 2. The number of piperazine rings is 1. The van der Waals surface area contributed by atoms with Crippen LogP contribution in [0.25, 0.3) is 0 Å². The van der Waals surface area contributed by atoms with Gasteiger partial charge in [-0.1, -0.05) is 41.9 Å². The van der Waals surface area contributed by atoms with Gasteiger partial charge in [0.2, 0.25) is 0 Å². The van der Waals surface area contributed by atoms with Crippen LogP contribution in [0.2, 0.25) is 5.02 Å². The van der Waals surface area contributed by atoms with Crippen LogP contribution in [0.1, 0.15) is 18.1 Å². The SMILES string of the molecule is COc1ccccc1N1CCN(CC[C@H](Oc2ccc(F)cc2Cl)c2ccccc2F)CC1. The van der Waals surface area contributed by atoms with Gasteiger partial charge in [0.15, 0.2) is 0 Å². The molecule has 0 N–H and O–H groups in total. The number of halogens is 3. The predicted molar refractivity (Wildman–Crippen MR) is 127 cm³/mol. The Morgan fingerprint density at radius 2 is 1.64 bits per heavy atom. The fraction of sp³-hybridized carbons (Fsp3) is 0.308. The van der Waals surface area contributed by atoms with E-state index in [0.717, 1.165) is 44.2 Å². The zero-order valence-electron chi connectivity index (χ0n) is 18.5. The van der Waals surface area contributed by atoms with Crippen molar-refractivity contribution in [3.8, 4) is 11.5 Å². The highest BCUT2D eigenvalue weighted by Crippen LogP contribution is 2.33. The largest absolute Gasteiger partial charge is 0.495 e. The van der Waals surface area contributed by atoms with Gasteiger partial charge in [0.25, 0.3) is 0 Å². The third-order valence-corrected chi connectivity index (χ3v) is 6.22. The number of para-hydroxylation sites is 2. The minimum Gasteiger partial charge on any atom is -0.495 e. The molecule has 1 fully saturated rings. The van der Waals surface area contributed by atoms with Crippen LogP contribution in [0.5, 0.6) is 11.5 Å². The number of benzene rings is 3. The lowest BCUT2D eigenvalue weighted by Gasteiger charge is -2.37. The summed E-state index contributed by atoms with van der Waals surface area (Å²) in [5, 5.41) is 0.168. The van der Waals surface area contributed by atoms with Gasteiger partial charge in [-0.15, -0.1) is 0 Å². The van der Waals surface area contributed by atoms with Crippen molar-refractivity contribution in [1.82, 2.24) is 4.90 Å². The lowest BCUT2D eigenvalue weighted by Crippen LogP contribution is -2.47. The molecule has 0 amide bonds. The molecular weight excluding hydrogens is 446 g/mol. The zero-order valence-corrected chi connectivity index (χ0v) is 19.3. The van der Waals surface area contributed by atoms with Gasteiger partial charge in [0.1, 0.15) is 29.2 Å². The van der Waals surface area contributed by atoms with Gasteiger partial charge >= 0.3 is 0 Å². The van der Waals surface area contributed by atoms with Crippen molar-refractivity contribution in [3.63, 3.8) is 0 Å². The summed E-state index contributed by atoms with van der Waals surface area (Å²) in [5.41, 5.74) is 1.56. The number of nitrogens with zero attached hydrogens (tertiary/aromatic N) is 2. The predicted octanol–water partition coefficient (Wildman–Crippen LogP) is 5.96. The third-order valence-electron chi connectivity index (χ3n) is 5.92. The van der Waals surface area contributed by atoms with Crippen molar-refractivity contribution in [2.24, 2.45) is 0 Å². The highest BCUT2D eigenvalue weighted by molar-refractivity contribution is 6.32. The molecule has 1 aliphatic rings. The Balaban J connectivity index is 1.42. The maximum atomic E-state index is 14.6. The highest BCUT2D eigenvalue weighted by Gasteiger charge is 2.23. The van der Waals surface area contributed by atoms with Gasteiger partial charge in [-0.3, -0.25) is 4.90 Å². The van der Waals surface area contributed by atoms with Gasteiger partial charge in [0, 0.05) is 44.7 Å². The number of hydrogen-bond acceptors (Lipinski definition) is 4. The van der Waals surface area contributed by atoms with Gasteiger partial charge in [0.05, 0.1) is 17.8 Å². The minimum atomic E-state index is -0.540. The molecular formula is C26H27ClF2N2O2. The Hall–Kier alpha value is -2.83. The second kappa shape index (κ2) is 10.9. The van der Waals surface area contributed by atoms with Crippen molar-refractivity contribution in [2.45, 2.75) is 12.5 Å². The lowest BCUT2D eigenvalue weighted by molar-refractivity contribution is 0.157. The Morgan fingerprint density at radius 3 is 2.36 bits per heavy atom. The van der Waals surface area contributed by atoms with Crippen molar-refractivity contribution in [2.75, 3.05) is 44.7 Å². The summed E-state index contributed by atoms with van der Waals surface area (Å²) in [4.78, 5) is 4.66. The molecule has 0 saturated carbocycles. The molecule has 33 heavy (non-hydrogen) atoms. The summed E-state index contributed by atoms with van der Waals surface area (Å²) in [7, 11) is 1.69. The standard InChI is InChI=1S/C26H27ClF2N2O2/c1-32-26-9-5-4-8-23(26)31-16-14-30(15-17-31)13-12-24(20-6-2-3-7-22(20)29)33-25-11-10-19(28)18-21(25)27/h2-11,18,24H,12-17H2,1H3/t24-/m0/s1. The first-order chi connectivity index (χ1) is 16.0. The van der Waals surface area contributed by atoms with E-state index in [1.807, 2.05) is 18.2 Å². The van der Waals surface area contributed by atoms with Crippen LogP contribution >= 0.6 is 11.6 Å². The molecule has 4 nitrogen and oxygen atoms in total. The van der Waals surface area contributed by atoms with Crippen molar-refractivity contribution in [3.05, 3.63) is 89.0 Å². The molecule has 1 aliphatic heterocycles. The van der Waals surface area contributed by atoms with Gasteiger partial charge in [-0.25, -0.2) is 8.78 Å². The molecule has 7 heteroatoms. The van der Waals surface area contributed by atoms with E-state index in [2.05, 4.69) is 15.9 Å². The van der Waals surface area contributed by atoms with Crippen LogP contribution in [-0.4, -0.2) is 44.7 Å². The summed E-state index contributed by atoms with van der Waals surface area (Å²) in [6.07, 6.45) is 0.0324. The second-order valence-corrected chi connectivity index (χ2v) is 8.40. The van der Waals surface area contributed by atoms with Crippen LogP contribution in [0.15, 0.2) is 66.7 Å². The summed E-state index contributed by atoms with van der Waals surface area (Å²) < 4.78 is 39.6. The molecule has 0 aromatic heterocycles. The Labute approximate surface area is 198 Å². The molecule has 174 valence electrons. The molecule has 1 atom stereocenters. The fourth-order valence-electron chi connectivity index (χ4n) is 4.14. The fourth-order valence-corrected chi connectivity index (χ4v) is 4.35. The van der Waals surface area contributed by atoms with E-state index in [4.69, 9.17) is 21.1 Å². The van der Waals surface area contributed by atoms with E-state index in [-0.39, 0.29) is 10.8 Å². The first-order valence-electron chi connectivity index (χ1n) is 11.0. The topological polar surface area (TPSA) is 24.9 Å². The van der Waals surface area contributed by atoms with E-state index in [9.17, 15) is 8.78 Å². The molecule has 0 bridgehead atoms. The molecule has 3 aromatic rings. The Bertz CT molecular complexity index is 1070. The molecule has 4 rings (SSSR count). The van der Waals surface area contributed by atoms with E-state index in [1.165, 1.54) is 24.3 Å². The van der Waals surface area contributed by atoms with Crippen LogP contribution in [0.4, 0.5) is 14.5 Å². The molecule has 1 heterocycles. The average Bonchev–Trinajstić information content (AvgIpc) is 2.84. The number of anilines is 1. The van der Waals surface area contributed by atoms with Crippen LogP contribution < -0.4 is 14.4 Å². The van der Waals surface area contributed by atoms with Crippen LogP contribution in [0, 0.1) is 11.6 Å². The molecule has 1 saturated heterocycles. The first kappa shape index (κ1) is 23.3. The van der Waals surface area contributed by atoms with E-state index in [1.54, 1.807) is 25.3 Å². The van der Waals surface area contributed by atoms with E-state index in [0.29, 0.717) is 17.7 Å². The maximum Gasteiger partial charge on any atom is 0.142 e. The van der Waals surface area contributed by atoms with Gasteiger partial charge < -0.3 is 14.4 Å². The quantitative estimate of drug-likeness (QED) is 0.404. The Morgan fingerprint density at radius 1 is 0.909 bits per heavy atom. The summed E-state index contributed by atoms with van der Waals surface area (Å²) in [6, 6.07) is 18.6. The summed E-state index contributed by atoms with van der Waals surface area (Å²) in [6.45, 7) is 4.22. The number of rotatable bonds is 8. The molecule has 0 spiro atoms. The molecule has 3 aromatic carbocycles. The van der Waals surface area contributed by atoms with Gasteiger partial charge in [-0.2, -0.15) is 0 Å². The van der Waals surface area contributed by atoms with Crippen molar-refractivity contribution in [1.29, 1.82) is 0 Å². The normalized spacial score (nSPS) is 15.3. The number of methoxy groups -OCH3 is 1. The first-order valence-corrected chi connectivity index (χ1v) is 11.4. The Kier molecular flexibility index (Phi) is 7.68. The molecule has 0 radical (unpaired) electrons. The van der Waals surface area contributed by atoms with Crippen LogP contribution in [-0.2, 0) is 0 Å². The average molecular weight is 473 g/mol.